The molecule has 1 saturated heterocycles. The number of rotatable bonds is 5. The number of hydrogen-bond donors (Lipinski definition) is 2. The van der Waals surface area contributed by atoms with Crippen LogP contribution in [-0.4, -0.2) is 60.0 Å². The minimum absolute atomic E-state index is 0.00936. The molecule has 2 heterocycles. The maximum absolute atomic E-state index is 12.5. The van der Waals surface area contributed by atoms with Crippen LogP contribution in [0.4, 0.5) is 5.82 Å². The van der Waals surface area contributed by atoms with E-state index in [9.17, 15) is 13.5 Å². The highest BCUT2D eigenvalue weighted by Gasteiger charge is 2.36. The molecule has 9 heteroatoms. The Bertz CT molecular complexity index is 592. The second-order valence-electron chi connectivity index (χ2n) is 5.33. The van der Waals surface area contributed by atoms with Gasteiger partial charge < -0.3 is 15.6 Å². The van der Waals surface area contributed by atoms with E-state index in [0.717, 1.165) is 4.31 Å². The number of hydrogen-bond acceptors (Lipinski definition) is 6. The van der Waals surface area contributed by atoms with Crippen LogP contribution in [0.1, 0.15) is 19.8 Å². The molecule has 0 unspecified atom stereocenters. The van der Waals surface area contributed by atoms with Crippen LogP contribution in [0.25, 0.3) is 0 Å². The molecule has 8 nitrogen and oxygen atoms in total. The van der Waals surface area contributed by atoms with E-state index < -0.39 is 15.6 Å². The van der Waals surface area contributed by atoms with Gasteiger partial charge in [0.2, 0.25) is 10.0 Å². The molecule has 3 N–H and O–H groups in total. The van der Waals surface area contributed by atoms with Gasteiger partial charge in [-0.25, -0.2) is 8.42 Å². The zero-order chi connectivity index (χ0) is 15.7. The lowest BCUT2D eigenvalue weighted by atomic mass is 9.95. The third-order valence-electron chi connectivity index (χ3n) is 3.71. The molecular weight excluding hydrogens is 296 g/mol. The van der Waals surface area contributed by atoms with E-state index >= 15 is 0 Å². The number of nitrogens with zero attached hydrogens (tertiary/aromatic N) is 3. The summed E-state index contributed by atoms with van der Waals surface area (Å²) in [6.45, 7) is 3.25. The number of aliphatic hydroxyl groups is 1. The molecule has 0 aliphatic carbocycles. The van der Waals surface area contributed by atoms with Gasteiger partial charge in [0.1, 0.15) is 4.90 Å². The number of nitrogen functional groups attached to an aromatic ring is 1. The Hall–Kier alpha value is -1.16. The van der Waals surface area contributed by atoms with Crippen molar-refractivity contribution in [2.45, 2.75) is 36.8 Å². The first-order valence-electron chi connectivity index (χ1n) is 6.88. The van der Waals surface area contributed by atoms with Gasteiger partial charge in [0, 0.05) is 52.4 Å². The van der Waals surface area contributed by atoms with Crippen molar-refractivity contribution in [1.29, 1.82) is 0 Å². The minimum Gasteiger partial charge on any atom is -0.388 e. The summed E-state index contributed by atoms with van der Waals surface area (Å²) in [6.07, 6.45) is 2.24. The summed E-state index contributed by atoms with van der Waals surface area (Å²) in [6, 6.07) is 0. The number of sulfonamides is 1. The highest BCUT2D eigenvalue weighted by atomic mass is 32.2. The molecule has 0 saturated carbocycles. The van der Waals surface area contributed by atoms with Gasteiger partial charge in [-0.3, -0.25) is 4.68 Å². The van der Waals surface area contributed by atoms with Crippen LogP contribution in [0, 0.1) is 0 Å². The predicted molar refractivity (Wildman–Crippen MR) is 77.1 cm³/mol. The van der Waals surface area contributed by atoms with Crippen molar-refractivity contribution < 1.29 is 18.3 Å². The van der Waals surface area contributed by atoms with Gasteiger partial charge in [-0.1, -0.05) is 0 Å². The van der Waals surface area contributed by atoms with Crippen LogP contribution in [0.3, 0.4) is 0 Å². The SMILES string of the molecule is CCn1cc(S(=O)(=O)N(C)CC2(O)CCOCC2)c(N)n1. The Labute approximate surface area is 124 Å². The number of ether oxygens (including phenoxy) is 1. The summed E-state index contributed by atoms with van der Waals surface area (Å²) < 4.78 is 32.9. The van der Waals surface area contributed by atoms with Gasteiger partial charge in [0.15, 0.2) is 5.82 Å². The van der Waals surface area contributed by atoms with E-state index in [0.29, 0.717) is 32.6 Å². The standard InChI is InChI=1S/C12H22N4O4S/c1-3-16-8-10(11(13)14-16)21(18,19)15(2)9-12(17)4-6-20-7-5-12/h8,17H,3-7,9H2,1-2H3,(H2,13,14). The summed E-state index contributed by atoms with van der Waals surface area (Å²) in [5.74, 6) is -0.0253. The molecule has 1 aliphatic rings. The van der Waals surface area contributed by atoms with Gasteiger partial charge in [0.25, 0.3) is 0 Å². The van der Waals surface area contributed by atoms with Crippen LogP contribution in [0.15, 0.2) is 11.1 Å². The minimum atomic E-state index is -3.77. The van der Waals surface area contributed by atoms with Crippen molar-refractivity contribution in [3.05, 3.63) is 6.20 Å². The van der Waals surface area contributed by atoms with Crippen molar-refractivity contribution in [2.24, 2.45) is 0 Å². The first kappa shape index (κ1) is 16.2. The fourth-order valence-corrected chi connectivity index (χ4v) is 3.66. The van der Waals surface area contributed by atoms with E-state index in [1.807, 2.05) is 6.92 Å². The number of likely N-dealkylation sites (N-methyl/N-ethyl adjacent to an activating group) is 1. The van der Waals surface area contributed by atoms with E-state index in [1.54, 1.807) is 0 Å². The Morgan fingerprint density at radius 2 is 2.14 bits per heavy atom. The molecule has 2 rings (SSSR count). The second-order valence-corrected chi connectivity index (χ2v) is 7.35. The first-order chi connectivity index (χ1) is 9.78. The van der Waals surface area contributed by atoms with Gasteiger partial charge in [-0.15, -0.1) is 0 Å². The maximum atomic E-state index is 12.5. The summed E-state index contributed by atoms with van der Waals surface area (Å²) in [7, 11) is -2.34. The molecule has 0 bridgehead atoms. The average Bonchev–Trinajstić information content (AvgIpc) is 2.81. The summed E-state index contributed by atoms with van der Waals surface area (Å²) >= 11 is 0. The topological polar surface area (TPSA) is 111 Å². The number of anilines is 1. The molecule has 0 atom stereocenters. The van der Waals surface area contributed by atoms with Gasteiger partial charge in [0.05, 0.1) is 5.60 Å². The van der Waals surface area contributed by atoms with Gasteiger partial charge in [-0.2, -0.15) is 9.40 Å². The molecule has 1 fully saturated rings. The third kappa shape index (κ3) is 3.37. The van der Waals surface area contributed by atoms with Crippen molar-refractivity contribution in [3.63, 3.8) is 0 Å². The zero-order valence-electron chi connectivity index (χ0n) is 12.3. The molecule has 0 spiro atoms. The lowest BCUT2D eigenvalue weighted by molar-refractivity contribution is -0.0689. The average molecular weight is 318 g/mol. The van der Waals surface area contributed by atoms with Gasteiger partial charge in [-0.05, 0) is 6.92 Å². The van der Waals surface area contributed by atoms with Crippen molar-refractivity contribution >= 4 is 15.8 Å². The maximum Gasteiger partial charge on any atom is 0.248 e. The normalized spacial score (nSPS) is 19.0. The largest absolute Gasteiger partial charge is 0.388 e. The van der Waals surface area contributed by atoms with Gasteiger partial charge >= 0.3 is 0 Å². The zero-order valence-corrected chi connectivity index (χ0v) is 13.1. The van der Waals surface area contributed by atoms with Crippen molar-refractivity contribution in [3.8, 4) is 0 Å². The Morgan fingerprint density at radius 3 is 2.67 bits per heavy atom. The Morgan fingerprint density at radius 1 is 1.52 bits per heavy atom. The summed E-state index contributed by atoms with van der Waals surface area (Å²) in [5, 5.41) is 14.4. The van der Waals surface area contributed by atoms with E-state index in [1.165, 1.54) is 17.9 Å². The smallest absolute Gasteiger partial charge is 0.248 e. The van der Waals surface area contributed by atoms with Crippen LogP contribution in [-0.2, 0) is 21.3 Å². The molecule has 1 aromatic rings. The quantitative estimate of drug-likeness (QED) is 0.767. The van der Waals surface area contributed by atoms with E-state index in [4.69, 9.17) is 10.5 Å². The fourth-order valence-electron chi connectivity index (χ4n) is 2.36. The lowest BCUT2D eigenvalue weighted by Gasteiger charge is -2.34. The Kier molecular flexibility index (Phi) is 4.57. The molecule has 0 radical (unpaired) electrons. The second kappa shape index (κ2) is 5.91. The molecular formula is C12H22N4O4S. The molecule has 0 amide bonds. The monoisotopic (exact) mass is 318 g/mol. The van der Waals surface area contributed by atoms with Crippen LogP contribution < -0.4 is 5.73 Å². The molecule has 0 aromatic carbocycles. The molecule has 1 aromatic heterocycles. The number of nitrogens with two attached hydrogens (primary N) is 1. The highest BCUT2D eigenvalue weighted by molar-refractivity contribution is 7.89. The summed E-state index contributed by atoms with van der Waals surface area (Å²) in [5.41, 5.74) is 4.63. The fraction of sp³-hybridized carbons (Fsp3) is 0.750. The molecule has 120 valence electrons. The van der Waals surface area contributed by atoms with Crippen LogP contribution in [0.2, 0.25) is 0 Å². The van der Waals surface area contributed by atoms with Crippen molar-refractivity contribution in [1.82, 2.24) is 14.1 Å². The first-order valence-corrected chi connectivity index (χ1v) is 8.32. The Balaban J connectivity index is 2.20. The molecule has 1 aliphatic heterocycles. The van der Waals surface area contributed by atoms with E-state index in [-0.39, 0.29) is 17.3 Å². The number of aryl methyl sites for hydroxylation is 1. The molecule has 21 heavy (non-hydrogen) atoms. The number of aromatic nitrogens is 2. The van der Waals surface area contributed by atoms with E-state index in [2.05, 4.69) is 5.10 Å². The lowest BCUT2D eigenvalue weighted by Crippen LogP contribution is -2.47. The highest BCUT2D eigenvalue weighted by Crippen LogP contribution is 2.26. The van der Waals surface area contributed by atoms with Crippen LogP contribution >= 0.6 is 0 Å². The summed E-state index contributed by atoms with van der Waals surface area (Å²) in [4.78, 5) is -0.0255. The van der Waals surface area contributed by atoms with Crippen molar-refractivity contribution in [2.75, 3.05) is 32.5 Å². The van der Waals surface area contributed by atoms with Crippen LogP contribution in [0.5, 0.6) is 0 Å². The predicted octanol–water partition coefficient (Wildman–Crippen LogP) is -0.353. The third-order valence-corrected chi connectivity index (χ3v) is 5.53.